The largest absolute Gasteiger partial charge is 0.501 e. The Morgan fingerprint density at radius 3 is 2.50 bits per heavy atom. The molecule has 38 heavy (non-hydrogen) atoms. The van der Waals surface area contributed by atoms with E-state index in [-0.39, 0.29) is 17.7 Å². The van der Waals surface area contributed by atoms with Crippen LogP contribution in [0.1, 0.15) is 50.2 Å². The third-order valence-corrected chi connectivity index (χ3v) is 8.36. The van der Waals surface area contributed by atoms with Crippen molar-refractivity contribution in [3.63, 3.8) is 0 Å². The first kappa shape index (κ1) is 27.6. The number of fused-ring (bicyclic) bond motifs is 1. The molecule has 0 bridgehead atoms. The Morgan fingerprint density at radius 2 is 1.89 bits per heavy atom. The van der Waals surface area contributed by atoms with Crippen LogP contribution in [0.3, 0.4) is 0 Å². The van der Waals surface area contributed by atoms with Crippen LogP contribution in [0.5, 0.6) is 11.5 Å². The molecule has 0 saturated carbocycles. The van der Waals surface area contributed by atoms with Crippen molar-refractivity contribution in [1.29, 1.82) is 0 Å². The highest BCUT2D eigenvalue weighted by molar-refractivity contribution is 5.81. The molecule has 1 aromatic rings. The fraction of sp³-hybridized carbons (Fsp3) is 0.533. The minimum atomic E-state index is -0.504. The molecule has 1 unspecified atom stereocenters. The number of allylic oxidation sites excluding steroid dienone is 4. The van der Waals surface area contributed by atoms with Crippen LogP contribution in [0.15, 0.2) is 47.9 Å². The van der Waals surface area contributed by atoms with E-state index in [0.29, 0.717) is 45.4 Å². The topological polar surface area (TPSA) is 71.6 Å². The van der Waals surface area contributed by atoms with Gasteiger partial charge in [0.05, 0.1) is 38.5 Å². The maximum atomic E-state index is 13.4. The second-order valence-electron chi connectivity index (χ2n) is 10.4. The monoisotopic (exact) mass is 523 g/mol. The predicted octanol–water partition coefficient (Wildman–Crippen LogP) is 4.08. The first-order valence-corrected chi connectivity index (χ1v) is 13.4. The lowest BCUT2D eigenvalue weighted by atomic mass is 9.80. The molecule has 2 amide bonds. The molecule has 1 aromatic carbocycles. The van der Waals surface area contributed by atoms with Crippen LogP contribution in [-0.2, 0) is 20.9 Å². The lowest BCUT2D eigenvalue weighted by molar-refractivity contribution is -0.137. The van der Waals surface area contributed by atoms with E-state index in [1.165, 1.54) is 0 Å². The van der Waals surface area contributed by atoms with Crippen LogP contribution in [0.25, 0.3) is 0 Å². The van der Waals surface area contributed by atoms with E-state index in [1.54, 1.807) is 21.3 Å². The van der Waals surface area contributed by atoms with Gasteiger partial charge in [-0.15, -0.1) is 0 Å². The Hall–Kier alpha value is -3.42. The number of hydrogen-bond donors (Lipinski definition) is 0. The summed E-state index contributed by atoms with van der Waals surface area (Å²) >= 11 is 0. The minimum Gasteiger partial charge on any atom is -0.501 e. The van der Waals surface area contributed by atoms with Gasteiger partial charge in [-0.05, 0) is 37.5 Å². The van der Waals surface area contributed by atoms with Gasteiger partial charge in [0, 0.05) is 62.9 Å². The van der Waals surface area contributed by atoms with Gasteiger partial charge >= 0.3 is 0 Å². The van der Waals surface area contributed by atoms with Crippen LogP contribution in [0, 0.1) is 5.92 Å². The number of carbonyl (C=O) groups is 2. The van der Waals surface area contributed by atoms with E-state index in [0.717, 1.165) is 40.5 Å². The summed E-state index contributed by atoms with van der Waals surface area (Å²) < 4.78 is 16.7. The first-order chi connectivity index (χ1) is 18.3. The van der Waals surface area contributed by atoms with E-state index < -0.39 is 5.54 Å². The molecule has 0 aromatic heterocycles. The highest BCUT2D eigenvalue weighted by Crippen LogP contribution is 2.44. The number of ether oxygens (including phenoxy) is 3. The smallest absolute Gasteiger partial charge is 0.229 e. The van der Waals surface area contributed by atoms with Crippen molar-refractivity contribution >= 4 is 12.3 Å². The molecule has 2 atom stereocenters. The second kappa shape index (κ2) is 11.5. The Kier molecular flexibility index (Phi) is 8.38. The summed E-state index contributed by atoms with van der Waals surface area (Å²) in [6.07, 6.45) is 11.0. The van der Waals surface area contributed by atoms with E-state index in [1.807, 2.05) is 41.0 Å². The van der Waals surface area contributed by atoms with Gasteiger partial charge in [-0.2, -0.15) is 0 Å². The van der Waals surface area contributed by atoms with E-state index >= 15 is 0 Å². The fourth-order valence-corrected chi connectivity index (χ4v) is 6.36. The lowest BCUT2D eigenvalue weighted by Crippen LogP contribution is -2.59. The zero-order chi connectivity index (χ0) is 27.4. The van der Waals surface area contributed by atoms with Crippen molar-refractivity contribution in [2.75, 3.05) is 48.0 Å². The molecule has 3 aliphatic rings. The molecule has 1 aliphatic carbocycles. The van der Waals surface area contributed by atoms with Crippen molar-refractivity contribution in [3.8, 4) is 11.5 Å². The van der Waals surface area contributed by atoms with Crippen LogP contribution in [0.2, 0.25) is 0 Å². The van der Waals surface area contributed by atoms with E-state index in [2.05, 4.69) is 31.0 Å². The van der Waals surface area contributed by atoms with Crippen molar-refractivity contribution < 1.29 is 23.8 Å². The molecule has 1 fully saturated rings. The number of carbonyl (C=O) groups excluding carboxylic acids is 2. The fourth-order valence-electron chi connectivity index (χ4n) is 6.36. The van der Waals surface area contributed by atoms with Gasteiger partial charge in [-0.1, -0.05) is 25.2 Å². The molecular weight excluding hydrogens is 482 g/mol. The van der Waals surface area contributed by atoms with Crippen molar-refractivity contribution in [2.45, 2.75) is 51.1 Å². The summed E-state index contributed by atoms with van der Waals surface area (Å²) in [4.78, 5) is 32.0. The highest BCUT2D eigenvalue weighted by atomic mass is 16.5. The summed E-state index contributed by atoms with van der Waals surface area (Å²) in [6, 6.07) is 4.01. The Labute approximate surface area is 226 Å². The van der Waals surface area contributed by atoms with Crippen LogP contribution < -0.4 is 9.47 Å². The van der Waals surface area contributed by atoms with Crippen molar-refractivity contribution in [2.24, 2.45) is 5.92 Å². The maximum Gasteiger partial charge on any atom is 0.229 e. The van der Waals surface area contributed by atoms with Crippen LogP contribution >= 0.6 is 0 Å². The van der Waals surface area contributed by atoms with Crippen molar-refractivity contribution in [3.05, 3.63) is 59.0 Å². The molecule has 2 aliphatic heterocycles. The molecule has 206 valence electrons. The van der Waals surface area contributed by atoms with Crippen LogP contribution in [0.4, 0.5) is 0 Å². The summed E-state index contributed by atoms with van der Waals surface area (Å²) in [5.74, 6) is 2.36. The Balaban J connectivity index is 1.64. The molecule has 1 saturated heterocycles. The molecule has 8 nitrogen and oxygen atoms in total. The van der Waals surface area contributed by atoms with Gasteiger partial charge in [0.2, 0.25) is 12.3 Å². The minimum absolute atomic E-state index is 0.0688. The number of likely N-dealkylation sites (tertiary alicyclic amines) is 1. The van der Waals surface area contributed by atoms with Gasteiger partial charge in [0.15, 0.2) is 0 Å². The summed E-state index contributed by atoms with van der Waals surface area (Å²) in [6.45, 7) is 6.62. The molecule has 4 rings (SSSR count). The number of benzene rings is 1. The number of nitrogens with zero attached hydrogens (tertiary/aromatic N) is 3. The average molecular weight is 524 g/mol. The molecule has 8 heteroatoms. The molecule has 0 spiro atoms. The number of rotatable bonds is 8. The standard InChI is InChI=1S/C30H41N3O5/c1-7-33(20-34)30(11-13-32(14-12-30)29(35)22-9-8-10-24(16-22)36-4)27-15-21(2)28-23(19-31(27)3)17-25(37-5)18-26(28)38-6/h8-10,15,17-18,20-22H,7,11-14,16,19H2,1-6H3/t21-,22?/m0/s1. The Bertz CT molecular complexity index is 1130. The number of methoxy groups -OCH3 is 3. The Morgan fingerprint density at radius 1 is 1.16 bits per heavy atom. The van der Waals surface area contributed by atoms with E-state index in [4.69, 9.17) is 14.2 Å². The molecule has 2 heterocycles. The predicted molar refractivity (Wildman–Crippen MR) is 147 cm³/mol. The quantitative estimate of drug-likeness (QED) is 0.478. The number of piperidine rings is 1. The number of hydrogen-bond acceptors (Lipinski definition) is 6. The maximum absolute atomic E-state index is 13.4. The van der Waals surface area contributed by atoms with Gasteiger partial charge in [-0.3, -0.25) is 9.59 Å². The van der Waals surface area contributed by atoms with Crippen molar-refractivity contribution in [1.82, 2.24) is 14.7 Å². The average Bonchev–Trinajstić information content (AvgIpc) is 3.08. The van der Waals surface area contributed by atoms with Gasteiger partial charge in [-0.25, -0.2) is 0 Å². The third-order valence-electron chi connectivity index (χ3n) is 8.36. The summed E-state index contributed by atoms with van der Waals surface area (Å²) in [5.41, 5.74) is 2.89. The zero-order valence-electron chi connectivity index (χ0n) is 23.5. The number of likely N-dealkylation sites (N-methyl/N-ethyl adjacent to an activating group) is 2. The zero-order valence-corrected chi connectivity index (χ0v) is 23.5. The van der Waals surface area contributed by atoms with E-state index in [9.17, 15) is 9.59 Å². The van der Waals surface area contributed by atoms with Gasteiger partial charge < -0.3 is 28.9 Å². The summed E-state index contributed by atoms with van der Waals surface area (Å²) in [5, 5.41) is 0. The molecule has 0 radical (unpaired) electrons. The normalized spacial score (nSPS) is 22.5. The highest BCUT2D eigenvalue weighted by Gasteiger charge is 2.46. The lowest BCUT2D eigenvalue weighted by Gasteiger charge is -2.51. The van der Waals surface area contributed by atoms with Gasteiger partial charge in [0.1, 0.15) is 11.5 Å². The second-order valence-corrected chi connectivity index (χ2v) is 10.4. The molecular formula is C30H41N3O5. The first-order valence-electron chi connectivity index (χ1n) is 13.4. The SMILES string of the molecule is CCN(C=O)C1(C2=C[C@H](C)c3c(cc(OC)cc3OC)CN2C)CCN(C(=O)C2C=CC=C(OC)C2)CC1. The third kappa shape index (κ3) is 5.00. The number of amides is 2. The summed E-state index contributed by atoms with van der Waals surface area (Å²) in [7, 11) is 7.08. The van der Waals surface area contributed by atoms with Gasteiger partial charge in [0.25, 0.3) is 0 Å². The molecule has 0 N–H and O–H groups in total. The van der Waals surface area contributed by atoms with Crippen LogP contribution in [-0.4, -0.2) is 80.6 Å².